The minimum absolute atomic E-state index is 0.221. The lowest BCUT2D eigenvalue weighted by atomic mass is 9.79. The highest BCUT2D eigenvalue weighted by Gasteiger charge is 2.25. The van der Waals surface area contributed by atoms with Crippen LogP contribution < -0.4 is 5.46 Å². The molecule has 24 rings (SSSR count). The van der Waals surface area contributed by atoms with Gasteiger partial charge in [0.05, 0.1) is 41.3 Å². The quantitative estimate of drug-likeness (QED) is 0.0868. The lowest BCUT2D eigenvalue weighted by Gasteiger charge is -2.10. The minimum atomic E-state index is -1.51. The number of hydrogen-bond donors (Lipinski definition) is 4. The van der Waals surface area contributed by atoms with Crippen LogP contribution in [0.1, 0.15) is 5.56 Å². The van der Waals surface area contributed by atoms with E-state index in [4.69, 9.17) is 34.8 Å². The van der Waals surface area contributed by atoms with Crippen LogP contribution in [0.25, 0.3) is 217 Å². The fourth-order valence-electron chi connectivity index (χ4n) is 16.8. The molecule has 606 valence electrons. The highest BCUT2D eigenvalue weighted by molar-refractivity contribution is 7.22. The van der Waals surface area contributed by atoms with Crippen LogP contribution >= 0.6 is 45.6 Å². The van der Waals surface area contributed by atoms with E-state index in [1.807, 2.05) is 121 Å². The molecule has 6 heterocycles. The summed E-state index contributed by atoms with van der Waals surface area (Å²) in [6, 6.07) is 136. The van der Waals surface area contributed by atoms with Gasteiger partial charge in [0.2, 0.25) is 0 Å². The first-order valence-electron chi connectivity index (χ1n) is 41.6. The molecule has 6 aromatic heterocycles. The molecular weight excluding hydrogens is 1640 g/mol. The molecule has 0 saturated heterocycles. The standard InChI is InChI=1S/C38H25NOS.C37H23NO2S.C25H16ClNOS.C12H9BO3/c1-24-11-5-6-16-29(24)38-39-36-33(32-19-10-18-31-30-17-7-8-20-34(30)40-37(31)32)22-28(23-35(36)41-38)27-15-9-14-26(21-27)25-12-3-2-4-13-25;39-32-18-6-4-15-30(32)37-38-35-31(29-17-9-16-28-27-14-5-7-19-33(27)40-36(28)29)21-26(22-34(35)41-37)25-13-8-12-24(20-25)23-10-2-1-3-11-23;26-21-14-19(18-10-6-9-17(13-18)16-7-2-1-3-8-16)15-23-24(21)27-25(29-23)20-11-4-5-12-22(20)28;14-13(15)10-6-3-5-9-8-4-1-2-7-11(8)16-12(9)10/h2-23H,1H3;1-22,39H;1-15,28H;1-7,14-15H. The van der Waals surface area contributed by atoms with Crippen LogP contribution in [0.15, 0.2) is 414 Å². The molecule has 0 aliphatic carbocycles. The number of phenols is 2. The number of nitrogens with zero attached hydrogens (tertiary/aromatic N) is 3. The molecule has 0 fully saturated rings. The SMILES string of the molecule is Cc1ccccc1-c1nc2c(-c3cccc4c3oc3ccccc34)cc(-c3cccc(-c4ccccc4)c3)cc2s1.OB(O)c1cccc2c1oc1ccccc12.Oc1ccccc1-c1nc2c(-c3cccc4c3oc3ccccc34)cc(-c3cccc(-c4ccccc4)c3)cc2s1.Oc1ccccc1-c1nc2c(Cl)cc(-c3cccc(-c4ccccc4)c3)cc2s1. The number of hydrogen-bond acceptors (Lipinski definition) is 13. The maximum atomic E-state index is 10.6. The van der Waals surface area contributed by atoms with E-state index in [-0.39, 0.29) is 11.5 Å². The molecule has 0 saturated carbocycles. The Hall–Kier alpha value is -15.1. The fourth-order valence-corrected chi connectivity index (χ4v) is 20.4. The number of aromatic hydroxyl groups is 2. The summed E-state index contributed by atoms with van der Waals surface area (Å²) in [5.41, 5.74) is 29.7. The third kappa shape index (κ3) is 15.5. The Morgan fingerprint density at radius 3 is 0.969 bits per heavy atom. The summed E-state index contributed by atoms with van der Waals surface area (Å²) in [6.07, 6.45) is 0. The summed E-state index contributed by atoms with van der Waals surface area (Å²) in [5.74, 6) is 0.446. The smallest absolute Gasteiger partial charge is 0.492 e. The number of furan rings is 3. The van der Waals surface area contributed by atoms with Crippen LogP contribution in [0.5, 0.6) is 11.5 Å². The highest BCUT2D eigenvalue weighted by Crippen LogP contribution is 2.49. The van der Waals surface area contributed by atoms with Crippen molar-refractivity contribution >= 4 is 155 Å². The molecule has 127 heavy (non-hydrogen) atoms. The second-order valence-electron chi connectivity index (χ2n) is 31.0. The largest absolute Gasteiger partial charge is 0.507 e. The van der Waals surface area contributed by atoms with Gasteiger partial charge in [-0.1, -0.05) is 315 Å². The molecule has 24 aromatic rings. The average Bonchev–Trinajstić information content (AvgIpc) is 1.04. The lowest BCUT2D eigenvalue weighted by molar-refractivity contribution is 0.425. The molecular formula is C112H73BClN3O7S3. The molecule has 0 radical (unpaired) electrons. The van der Waals surface area contributed by atoms with Crippen LogP contribution in [0.4, 0.5) is 0 Å². The second kappa shape index (κ2) is 34.2. The van der Waals surface area contributed by atoms with Crippen LogP contribution in [-0.4, -0.2) is 42.3 Å². The van der Waals surface area contributed by atoms with Crippen molar-refractivity contribution in [3.63, 3.8) is 0 Å². The van der Waals surface area contributed by atoms with Gasteiger partial charge in [-0.25, -0.2) is 15.0 Å². The van der Waals surface area contributed by atoms with Gasteiger partial charge in [-0.15, -0.1) is 34.0 Å². The van der Waals surface area contributed by atoms with E-state index in [1.165, 1.54) is 67.0 Å². The van der Waals surface area contributed by atoms with Crippen molar-refractivity contribution in [3.05, 3.63) is 411 Å². The van der Waals surface area contributed by atoms with Crippen molar-refractivity contribution in [3.8, 4) is 132 Å². The molecule has 18 aromatic carbocycles. The van der Waals surface area contributed by atoms with Crippen molar-refractivity contribution < 1.29 is 33.5 Å². The highest BCUT2D eigenvalue weighted by atomic mass is 35.5. The predicted molar refractivity (Wildman–Crippen MR) is 530 cm³/mol. The van der Waals surface area contributed by atoms with Crippen LogP contribution in [-0.2, 0) is 0 Å². The van der Waals surface area contributed by atoms with Crippen molar-refractivity contribution in [1.29, 1.82) is 0 Å². The monoisotopic (exact) mass is 1710 g/mol. The summed E-state index contributed by atoms with van der Waals surface area (Å²) >= 11 is 11.5. The Bertz CT molecular complexity index is 7960. The zero-order valence-electron chi connectivity index (χ0n) is 68.1. The number of halogens is 1. The summed E-state index contributed by atoms with van der Waals surface area (Å²) < 4.78 is 21.8. The molecule has 0 aliphatic rings. The average molecular weight is 1720 g/mol. The Balaban J connectivity index is 0.000000108. The van der Waals surface area contributed by atoms with E-state index in [1.54, 1.807) is 53.0 Å². The van der Waals surface area contributed by atoms with Crippen molar-refractivity contribution in [2.24, 2.45) is 0 Å². The number of para-hydroxylation sites is 8. The summed E-state index contributed by atoms with van der Waals surface area (Å²) in [6.45, 7) is 2.15. The van der Waals surface area contributed by atoms with Gasteiger partial charge in [0, 0.05) is 65.6 Å². The molecule has 0 atom stereocenters. The van der Waals surface area contributed by atoms with Crippen LogP contribution in [0.3, 0.4) is 0 Å². The molecule has 10 nitrogen and oxygen atoms in total. The third-order valence-electron chi connectivity index (χ3n) is 23.1. The number of fused-ring (bicyclic) bond motifs is 12. The van der Waals surface area contributed by atoms with E-state index in [9.17, 15) is 20.3 Å². The minimum Gasteiger partial charge on any atom is -0.507 e. The molecule has 4 N–H and O–H groups in total. The molecule has 0 unspecified atom stereocenters. The summed E-state index contributed by atoms with van der Waals surface area (Å²) in [4.78, 5) is 15.0. The molecule has 0 aliphatic heterocycles. The molecule has 0 amide bonds. The number of benzene rings is 18. The Morgan fingerprint density at radius 2 is 0.551 bits per heavy atom. The van der Waals surface area contributed by atoms with Gasteiger partial charge in [0.15, 0.2) is 0 Å². The topological polar surface area (TPSA) is 159 Å². The first-order chi connectivity index (χ1) is 62.4. The molecule has 0 bridgehead atoms. The number of phenolic OH excluding ortho intramolecular Hbond substituents is 2. The van der Waals surface area contributed by atoms with Gasteiger partial charge < -0.3 is 33.5 Å². The van der Waals surface area contributed by atoms with Crippen LogP contribution in [0, 0.1) is 6.92 Å². The van der Waals surface area contributed by atoms with E-state index in [2.05, 4.69) is 261 Å². The number of thiazole rings is 3. The zero-order chi connectivity index (χ0) is 85.6. The van der Waals surface area contributed by atoms with E-state index < -0.39 is 7.12 Å². The first-order valence-corrected chi connectivity index (χ1v) is 44.4. The Labute approximate surface area is 747 Å². The van der Waals surface area contributed by atoms with Gasteiger partial charge in [-0.3, -0.25) is 0 Å². The summed E-state index contributed by atoms with van der Waals surface area (Å²) in [5, 5.41) is 48.8. The van der Waals surface area contributed by atoms with Gasteiger partial charge >= 0.3 is 7.12 Å². The van der Waals surface area contributed by atoms with Crippen molar-refractivity contribution in [1.82, 2.24) is 15.0 Å². The van der Waals surface area contributed by atoms with Crippen molar-refractivity contribution in [2.75, 3.05) is 0 Å². The fraction of sp³-hybridized carbons (Fsp3) is 0.00893. The van der Waals surface area contributed by atoms with Gasteiger partial charge in [0.25, 0.3) is 0 Å². The predicted octanol–water partition coefficient (Wildman–Crippen LogP) is 30.7. The Morgan fingerprint density at radius 1 is 0.252 bits per heavy atom. The van der Waals surface area contributed by atoms with Gasteiger partial charge in [-0.05, 0) is 176 Å². The third-order valence-corrected chi connectivity index (χ3v) is 26.5. The number of aryl methyl sites for hydroxylation is 1. The van der Waals surface area contributed by atoms with E-state index >= 15 is 0 Å². The van der Waals surface area contributed by atoms with E-state index in [0.717, 1.165) is 162 Å². The van der Waals surface area contributed by atoms with Crippen LogP contribution in [0.2, 0.25) is 5.02 Å². The number of rotatable bonds is 12. The maximum Gasteiger partial charge on any atom is 0.492 e. The van der Waals surface area contributed by atoms with Gasteiger partial charge in [0.1, 0.15) is 65.5 Å². The second-order valence-corrected chi connectivity index (χ2v) is 34.5. The Kier molecular flexibility index (Phi) is 21.3. The number of aromatic nitrogens is 3. The summed E-state index contributed by atoms with van der Waals surface area (Å²) in [7, 11) is -1.51. The maximum absolute atomic E-state index is 10.6. The van der Waals surface area contributed by atoms with Gasteiger partial charge in [-0.2, -0.15) is 0 Å². The lowest BCUT2D eigenvalue weighted by Crippen LogP contribution is -2.29. The normalized spacial score (nSPS) is 11.4. The molecule has 0 spiro atoms. The first kappa shape index (κ1) is 79.1. The zero-order valence-corrected chi connectivity index (χ0v) is 71.3. The van der Waals surface area contributed by atoms with E-state index in [0.29, 0.717) is 16.1 Å². The molecule has 15 heteroatoms. The van der Waals surface area contributed by atoms with Crippen molar-refractivity contribution in [2.45, 2.75) is 6.92 Å².